The minimum atomic E-state index is -0.722. The third-order valence-electron chi connectivity index (χ3n) is 3.48. The van der Waals surface area contributed by atoms with Crippen LogP contribution >= 0.6 is 11.6 Å². The fraction of sp³-hybridized carbons (Fsp3) is 0.0556. The number of rotatable bonds is 5. The number of nitrogens with one attached hydrogen (secondary N) is 2. The van der Waals surface area contributed by atoms with Gasteiger partial charge in [-0.05, 0) is 42.0 Å². The van der Waals surface area contributed by atoms with Crippen LogP contribution in [0.1, 0.15) is 15.9 Å². The Morgan fingerprint density at radius 3 is 2.31 bits per heavy atom. The average molecular weight is 375 g/mol. The molecular weight excluding hydrogens is 362 g/mol. The summed E-state index contributed by atoms with van der Waals surface area (Å²) in [4.78, 5) is 12.1. The normalized spacial score (nSPS) is 10.4. The first-order chi connectivity index (χ1) is 12.5. The van der Waals surface area contributed by atoms with Crippen LogP contribution in [0.25, 0.3) is 0 Å². The molecule has 132 valence electrons. The monoisotopic (exact) mass is 374 g/mol. The van der Waals surface area contributed by atoms with Gasteiger partial charge in [0.2, 0.25) is 0 Å². The molecule has 2 aromatic carbocycles. The van der Waals surface area contributed by atoms with Gasteiger partial charge in [0.1, 0.15) is 17.5 Å². The third-order valence-corrected chi connectivity index (χ3v) is 3.80. The van der Waals surface area contributed by atoms with E-state index in [4.69, 9.17) is 11.6 Å². The standard InChI is InChI=1S/C18H13ClF2N4O/c19-13-2-1-3-14(21)17(13)18(26)23-16-9-8-15(24-25-16)22-10-11-4-6-12(20)7-5-11/h1-9H,10H2,(H,22,24)(H,23,25,26). The highest BCUT2D eigenvalue weighted by Gasteiger charge is 2.16. The molecule has 0 aliphatic rings. The van der Waals surface area contributed by atoms with Crippen molar-refractivity contribution in [2.45, 2.75) is 6.54 Å². The van der Waals surface area contributed by atoms with Crippen molar-refractivity contribution in [3.8, 4) is 0 Å². The molecule has 0 saturated carbocycles. The Balaban J connectivity index is 1.62. The lowest BCUT2D eigenvalue weighted by Gasteiger charge is -2.08. The number of hydrogen-bond acceptors (Lipinski definition) is 4. The minimum Gasteiger partial charge on any atom is -0.365 e. The van der Waals surface area contributed by atoms with Crippen molar-refractivity contribution in [2.24, 2.45) is 0 Å². The Bertz CT molecular complexity index is 897. The van der Waals surface area contributed by atoms with E-state index in [9.17, 15) is 13.6 Å². The van der Waals surface area contributed by atoms with Crippen LogP contribution in [0.5, 0.6) is 0 Å². The number of aromatic nitrogens is 2. The predicted molar refractivity (Wildman–Crippen MR) is 95.1 cm³/mol. The molecule has 0 bridgehead atoms. The number of carbonyl (C=O) groups is 1. The zero-order chi connectivity index (χ0) is 18.5. The Hall–Kier alpha value is -3.06. The van der Waals surface area contributed by atoms with Gasteiger partial charge in [0.15, 0.2) is 5.82 Å². The van der Waals surface area contributed by atoms with E-state index in [1.165, 1.54) is 30.3 Å². The minimum absolute atomic E-state index is 0.00745. The van der Waals surface area contributed by atoms with Gasteiger partial charge in [0, 0.05) is 6.54 Å². The zero-order valence-electron chi connectivity index (χ0n) is 13.3. The van der Waals surface area contributed by atoms with Gasteiger partial charge in [-0.25, -0.2) is 8.78 Å². The second-order valence-corrected chi connectivity index (χ2v) is 5.74. The van der Waals surface area contributed by atoms with Crippen LogP contribution in [-0.2, 0) is 6.54 Å². The van der Waals surface area contributed by atoms with Gasteiger partial charge in [0.05, 0.1) is 10.6 Å². The quantitative estimate of drug-likeness (QED) is 0.699. The number of carbonyl (C=O) groups excluding carboxylic acids is 1. The summed E-state index contributed by atoms with van der Waals surface area (Å²) in [6.07, 6.45) is 0. The van der Waals surface area contributed by atoms with Crippen molar-refractivity contribution >= 4 is 29.1 Å². The molecule has 1 heterocycles. The summed E-state index contributed by atoms with van der Waals surface area (Å²) in [6.45, 7) is 0.436. The molecule has 3 rings (SSSR count). The van der Waals surface area contributed by atoms with Gasteiger partial charge < -0.3 is 10.6 Å². The predicted octanol–water partition coefficient (Wildman–Crippen LogP) is 4.27. The molecule has 2 N–H and O–H groups in total. The summed E-state index contributed by atoms with van der Waals surface area (Å²) in [7, 11) is 0. The number of halogens is 3. The molecule has 26 heavy (non-hydrogen) atoms. The zero-order valence-corrected chi connectivity index (χ0v) is 14.1. The van der Waals surface area contributed by atoms with Crippen molar-refractivity contribution in [1.82, 2.24) is 10.2 Å². The van der Waals surface area contributed by atoms with Crippen molar-refractivity contribution in [3.05, 3.63) is 82.4 Å². The number of nitrogens with zero attached hydrogens (tertiary/aromatic N) is 2. The Labute approximate surface area is 153 Å². The van der Waals surface area contributed by atoms with Crippen molar-refractivity contribution in [2.75, 3.05) is 10.6 Å². The van der Waals surface area contributed by atoms with Gasteiger partial charge in [0.25, 0.3) is 5.91 Å². The van der Waals surface area contributed by atoms with E-state index in [-0.39, 0.29) is 22.2 Å². The summed E-state index contributed by atoms with van der Waals surface area (Å²) in [5.74, 6) is -1.11. The number of hydrogen-bond donors (Lipinski definition) is 2. The first-order valence-electron chi connectivity index (χ1n) is 7.60. The number of benzene rings is 2. The summed E-state index contributed by atoms with van der Waals surface area (Å²) in [5, 5.41) is 13.3. The Morgan fingerprint density at radius 2 is 1.65 bits per heavy atom. The van der Waals surface area contributed by atoms with E-state index < -0.39 is 11.7 Å². The molecule has 3 aromatic rings. The van der Waals surface area contributed by atoms with Crippen LogP contribution in [0.2, 0.25) is 5.02 Å². The highest BCUT2D eigenvalue weighted by molar-refractivity contribution is 6.34. The maximum atomic E-state index is 13.7. The second kappa shape index (κ2) is 7.88. The number of anilines is 2. The van der Waals surface area contributed by atoms with Crippen molar-refractivity contribution < 1.29 is 13.6 Å². The molecule has 0 saturated heterocycles. The first kappa shape index (κ1) is 17.8. The lowest BCUT2D eigenvalue weighted by molar-refractivity contribution is 0.102. The maximum Gasteiger partial charge on any atom is 0.261 e. The van der Waals surface area contributed by atoms with Gasteiger partial charge in [-0.2, -0.15) is 0 Å². The summed E-state index contributed by atoms with van der Waals surface area (Å²) in [5.41, 5.74) is 0.620. The summed E-state index contributed by atoms with van der Waals surface area (Å²) >= 11 is 5.85. The highest BCUT2D eigenvalue weighted by Crippen LogP contribution is 2.20. The highest BCUT2D eigenvalue weighted by atomic mass is 35.5. The first-order valence-corrected chi connectivity index (χ1v) is 7.98. The second-order valence-electron chi connectivity index (χ2n) is 5.33. The molecule has 0 spiro atoms. The fourth-order valence-electron chi connectivity index (χ4n) is 2.18. The van der Waals surface area contributed by atoms with Crippen molar-refractivity contribution in [3.63, 3.8) is 0 Å². The third kappa shape index (κ3) is 4.31. The molecule has 0 fully saturated rings. The van der Waals surface area contributed by atoms with Crippen LogP contribution in [0.15, 0.2) is 54.6 Å². The molecular formula is C18H13ClF2N4O. The summed E-state index contributed by atoms with van der Waals surface area (Å²) < 4.78 is 26.6. The van der Waals surface area contributed by atoms with Crippen LogP contribution < -0.4 is 10.6 Å². The van der Waals surface area contributed by atoms with E-state index >= 15 is 0 Å². The largest absolute Gasteiger partial charge is 0.365 e. The Morgan fingerprint density at radius 1 is 0.962 bits per heavy atom. The molecule has 0 unspecified atom stereocenters. The topological polar surface area (TPSA) is 66.9 Å². The van der Waals surface area contributed by atoms with E-state index in [2.05, 4.69) is 20.8 Å². The van der Waals surface area contributed by atoms with E-state index in [0.717, 1.165) is 11.6 Å². The lowest BCUT2D eigenvalue weighted by Crippen LogP contribution is -2.16. The van der Waals surface area contributed by atoms with Gasteiger partial charge in [-0.15, -0.1) is 10.2 Å². The molecule has 1 amide bonds. The molecule has 1 aromatic heterocycles. The molecule has 0 atom stereocenters. The van der Waals surface area contributed by atoms with Crippen LogP contribution in [-0.4, -0.2) is 16.1 Å². The molecule has 0 radical (unpaired) electrons. The van der Waals surface area contributed by atoms with Crippen LogP contribution in [0.4, 0.5) is 20.4 Å². The smallest absolute Gasteiger partial charge is 0.261 e. The Kier molecular flexibility index (Phi) is 5.38. The van der Waals surface area contributed by atoms with Crippen LogP contribution in [0, 0.1) is 11.6 Å². The van der Waals surface area contributed by atoms with E-state index in [1.807, 2.05) is 0 Å². The molecule has 8 heteroatoms. The van der Waals surface area contributed by atoms with Gasteiger partial charge >= 0.3 is 0 Å². The summed E-state index contributed by atoms with van der Waals surface area (Å²) in [6, 6.07) is 13.2. The maximum absolute atomic E-state index is 13.7. The molecule has 0 aliphatic carbocycles. The van der Waals surface area contributed by atoms with Crippen LogP contribution in [0.3, 0.4) is 0 Å². The molecule has 5 nitrogen and oxygen atoms in total. The molecule has 0 aliphatic heterocycles. The fourth-order valence-corrected chi connectivity index (χ4v) is 2.43. The SMILES string of the molecule is O=C(Nc1ccc(NCc2ccc(F)cc2)nn1)c1c(F)cccc1Cl. The van der Waals surface area contributed by atoms with Crippen molar-refractivity contribution in [1.29, 1.82) is 0 Å². The van der Waals surface area contributed by atoms with E-state index in [1.54, 1.807) is 18.2 Å². The van der Waals surface area contributed by atoms with E-state index in [0.29, 0.717) is 12.4 Å². The lowest BCUT2D eigenvalue weighted by atomic mass is 10.2. The van der Waals surface area contributed by atoms with Gasteiger partial charge in [-0.1, -0.05) is 29.8 Å². The number of amides is 1. The van der Waals surface area contributed by atoms with Gasteiger partial charge in [-0.3, -0.25) is 4.79 Å². The average Bonchev–Trinajstić information content (AvgIpc) is 2.62.